The molecule has 0 atom stereocenters. The van der Waals surface area contributed by atoms with Crippen LogP contribution in [0.1, 0.15) is 53.4 Å². The van der Waals surface area contributed by atoms with E-state index in [0.29, 0.717) is 11.5 Å². The van der Waals surface area contributed by atoms with Crippen LogP contribution >= 0.6 is 0 Å². The summed E-state index contributed by atoms with van der Waals surface area (Å²) in [4.78, 5) is 14.0. The van der Waals surface area contributed by atoms with Gasteiger partial charge in [0.05, 0.1) is 6.42 Å². The molecule has 0 aliphatic carbocycles. The largest absolute Gasteiger partial charge is 0.460 e. The number of hydrogen-bond donors (Lipinski definition) is 1. The molecule has 2 rings (SSSR count). The van der Waals surface area contributed by atoms with Gasteiger partial charge in [-0.2, -0.15) is 5.10 Å². The van der Waals surface area contributed by atoms with Crippen molar-refractivity contribution in [1.29, 1.82) is 0 Å². The van der Waals surface area contributed by atoms with Gasteiger partial charge < -0.3 is 9.64 Å². The number of nitrogens with zero attached hydrogens (tertiary/aromatic N) is 4. The Morgan fingerprint density at radius 1 is 1.25 bits per heavy atom. The lowest BCUT2D eigenvalue weighted by atomic mass is 10.1. The highest BCUT2D eigenvalue weighted by Crippen LogP contribution is 2.17. The summed E-state index contributed by atoms with van der Waals surface area (Å²) in [6.45, 7) is 9.37. The van der Waals surface area contributed by atoms with Crippen molar-refractivity contribution in [2.75, 3.05) is 23.4 Å². The predicted molar refractivity (Wildman–Crippen MR) is 95.3 cm³/mol. The summed E-state index contributed by atoms with van der Waals surface area (Å²) in [5.41, 5.74) is 2.98. The van der Waals surface area contributed by atoms with E-state index in [2.05, 4.69) is 25.6 Å². The van der Waals surface area contributed by atoms with Gasteiger partial charge >= 0.3 is 5.97 Å². The minimum atomic E-state index is -0.486. The van der Waals surface area contributed by atoms with Crippen molar-refractivity contribution in [2.45, 2.75) is 59.0 Å². The van der Waals surface area contributed by atoms with Gasteiger partial charge in [-0.3, -0.25) is 10.2 Å². The first kappa shape index (κ1) is 18.2. The van der Waals surface area contributed by atoms with E-state index in [1.807, 2.05) is 32.9 Å². The molecular formula is C17H27N5O2. The third-order valence-corrected chi connectivity index (χ3v) is 3.51. The minimum absolute atomic E-state index is 0.142. The molecule has 0 saturated carbocycles. The molecule has 0 aromatic carbocycles. The number of carbonyl (C=O) groups excluding carboxylic acids is 1. The van der Waals surface area contributed by atoms with Gasteiger partial charge in [0.1, 0.15) is 5.60 Å². The molecule has 1 aliphatic heterocycles. The molecule has 0 spiro atoms. The summed E-state index contributed by atoms with van der Waals surface area (Å²) in [5.74, 6) is 1.16. The fraction of sp³-hybridized carbons (Fsp3) is 0.647. The molecule has 7 nitrogen and oxygen atoms in total. The van der Waals surface area contributed by atoms with Gasteiger partial charge in [-0.1, -0.05) is 0 Å². The Labute approximate surface area is 143 Å². The molecule has 0 unspecified atom stereocenters. The third kappa shape index (κ3) is 6.14. The normalized spacial score (nSPS) is 16.0. The Kier molecular flexibility index (Phi) is 6.11. The van der Waals surface area contributed by atoms with E-state index in [-0.39, 0.29) is 12.4 Å². The molecule has 1 N–H and O–H groups in total. The van der Waals surface area contributed by atoms with E-state index in [9.17, 15) is 4.79 Å². The second-order valence-corrected chi connectivity index (χ2v) is 7.05. The van der Waals surface area contributed by atoms with Gasteiger partial charge in [0.2, 0.25) is 0 Å². The van der Waals surface area contributed by atoms with Crippen molar-refractivity contribution in [2.24, 2.45) is 5.10 Å². The zero-order chi connectivity index (χ0) is 17.6. The van der Waals surface area contributed by atoms with Crippen molar-refractivity contribution >= 4 is 23.3 Å². The van der Waals surface area contributed by atoms with Crippen molar-refractivity contribution in [1.82, 2.24) is 10.2 Å². The quantitative estimate of drug-likeness (QED) is 0.507. The molecular weight excluding hydrogens is 306 g/mol. The summed E-state index contributed by atoms with van der Waals surface area (Å²) >= 11 is 0. The number of anilines is 2. The van der Waals surface area contributed by atoms with Gasteiger partial charge in [-0.15, -0.1) is 10.2 Å². The molecule has 7 heteroatoms. The Bertz CT molecular complexity index is 572. The second-order valence-electron chi connectivity index (χ2n) is 7.05. The zero-order valence-corrected chi connectivity index (χ0v) is 15.0. The summed E-state index contributed by atoms with van der Waals surface area (Å²) in [5, 5.41) is 12.5. The molecule has 2 heterocycles. The van der Waals surface area contributed by atoms with Crippen molar-refractivity contribution in [3.8, 4) is 0 Å². The van der Waals surface area contributed by atoms with Crippen molar-refractivity contribution in [3.63, 3.8) is 0 Å². The summed E-state index contributed by atoms with van der Waals surface area (Å²) < 4.78 is 5.26. The Balaban J connectivity index is 1.85. The van der Waals surface area contributed by atoms with E-state index in [1.165, 1.54) is 19.3 Å². The summed E-state index contributed by atoms with van der Waals surface area (Å²) in [7, 11) is 0. The molecule has 24 heavy (non-hydrogen) atoms. The maximum Gasteiger partial charge on any atom is 0.312 e. The number of hydrogen-bond acceptors (Lipinski definition) is 7. The topological polar surface area (TPSA) is 79.7 Å². The van der Waals surface area contributed by atoms with Crippen LogP contribution in [0.2, 0.25) is 0 Å². The van der Waals surface area contributed by atoms with Gasteiger partial charge in [-0.05, 0) is 59.1 Å². The average Bonchev–Trinajstić information content (AvgIpc) is 2.52. The van der Waals surface area contributed by atoms with Crippen LogP contribution < -0.4 is 10.3 Å². The van der Waals surface area contributed by atoms with Gasteiger partial charge in [-0.25, -0.2) is 0 Å². The van der Waals surface area contributed by atoms with E-state index >= 15 is 0 Å². The fourth-order valence-corrected chi connectivity index (χ4v) is 2.46. The van der Waals surface area contributed by atoms with Crippen LogP contribution in [-0.4, -0.2) is 40.6 Å². The SMILES string of the molecule is C/C(CC(=O)OC(C)(C)C)=N\Nc1ccc(N2CCCCC2)nn1. The van der Waals surface area contributed by atoms with Crippen LogP contribution in [0, 0.1) is 0 Å². The first-order valence-corrected chi connectivity index (χ1v) is 8.43. The molecule has 0 radical (unpaired) electrons. The molecule has 0 bridgehead atoms. The maximum absolute atomic E-state index is 11.7. The van der Waals surface area contributed by atoms with Crippen molar-refractivity contribution in [3.05, 3.63) is 12.1 Å². The highest BCUT2D eigenvalue weighted by Gasteiger charge is 2.17. The molecule has 132 valence electrons. The molecule has 1 aliphatic rings. The number of carbonyl (C=O) groups is 1. The first-order chi connectivity index (χ1) is 11.3. The number of piperidine rings is 1. The Hall–Kier alpha value is -2.18. The van der Waals surface area contributed by atoms with Crippen LogP contribution in [-0.2, 0) is 9.53 Å². The monoisotopic (exact) mass is 333 g/mol. The van der Waals surface area contributed by atoms with E-state index in [1.54, 1.807) is 6.92 Å². The highest BCUT2D eigenvalue weighted by molar-refractivity contribution is 5.97. The van der Waals surface area contributed by atoms with Gasteiger partial charge in [0.15, 0.2) is 11.6 Å². The molecule has 1 aromatic rings. The van der Waals surface area contributed by atoms with E-state index in [0.717, 1.165) is 18.9 Å². The predicted octanol–water partition coefficient (Wildman–Crippen LogP) is 2.99. The average molecular weight is 333 g/mol. The minimum Gasteiger partial charge on any atom is -0.460 e. The Morgan fingerprint density at radius 3 is 2.54 bits per heavy atom. The van der Waals surface area contributed by atoms with Gasteiger partial charge in [0, 0.05) is 18.8 Å². The maximum atomic E-state index is 11.7. The van der Waals surface area contributed by atoms with E-state index in [4.69, 9.17) is 4.74 Å². The van der Waals surface area contributed by atoms with Crippen LogP contribution in [0.3, 0.4) is 0 Å². The number of nitrogens with one attached hydrogen (secondary N) is 1. The second kappa shape index (κ2) is 8.08. The molecule has 1 saturated heterocycles. The first-order valence-electron chi connectivity index (χ1n) is 8.43. The lowest BCUT2D eigenvalue weighted by Gasteiger charge is -2.27. The Morgan fingerprint density at radius 2 is 1.96 bits per heavy atom. The lowest BCUT2D eigenvalue weighted by molar-refractivity contribution is -0.153. The standard InChI is InChI=1S/C17H27N5O2/c1-13(12-16(23)24-17(2,3)4)18-19-14-8-9-15(21-20-14)22-10-6-5-7-11-22/h8-9H,5-7,10-12H2,1-4H3,(H,19,20)/b18-13+. The lowest BCUT2D eigenvalue weighted by Crippen LogP contribution is -2.30. The van der Waals surface area contributed by atoms with Crippen LogP contribution in [0.4, 0.5) is 11.6 Å². The summed E-state index contributed by atoms with van der Waals surface area (Å²) in [6, 6.07) is 3.79. The van der Waals surface area contributed by atoms with E-state index < -0.39 is 5.60 Å². The highest BCUT2D eigenvalue weighted by atomic mass is 16.6. The number of hydrazone groups is 1. The van der Waals surface area contributed by atoms with Crippen molar-refractivity contribution < 1.29 is 9.53 Å². The zero-order valence-electron chi connectivity index (χ0n) is 15.0. The third-order valence-electron chi connectivity index (χ3n) is 3.51. The summed E-state index contributed by atoms with van der Waals surface area (Å²) in [6.07, 6.45) is 3.84. The molecule has 1 aromatic heterocycles. The molecule has 1 fully saturated rings. The van der Waals surface area contributed by atoms with Crippen LogP contribution in [0.25, 0.3) is 0 Å². The smallest absolute Gasteiger partial charge is 0.312 e. The number of ether oxygens (including phenoxy) is 1. The van der Waals surface area contributed by atoms with Gasteiger partial charge in [0.25, 0.3) is 0 Å². The fourth-order valence-electron chi connectivity index (χ4n) is 2.46. The van der Waals surface area contributed by atoms with Crippen LogP contribution in [0.5, 0.6) is 0 Å². The molecule has 0 amide bonds. The number of esters is 1. The number of rotatable bonds is 5. The number of aromatic nitrogens is 2. The van der Waals surface area contributed by atoms with Crippen LogP contribution in [0.15, 0.2) is 17.2 Å².